The number of halogens is 3. The van der Waals surface area contributed by atoms with Crippen LogP contribution < -0.4 is 0 Å². The molecular formula is C6H3F3N2O. The Bertz CT molecular complexity index is 297. The molecule has 0 aliphatic carbocycles. The van der Waals surface area contributed by atoms with Crippen molar-refractivity contribution in [1.82, 2.24) is 10.2 Å². The van der Waals surface area contributed by atoms with Crippen LogP contribution in [0.1, 0.15) is 16.1 Å². The smallest absolute Gasteiger partial charge is 0.298 e. The van der Waals surface area contributed by atoms with Crippen LogP contribution in [0.25, 0.3) is 0 Å². The molecule has 1 aromatic rings. The largest absolute Gasteiger partial charge is 0.435 e. The summed E-state index contributed by atoms with van der Waals surface area (Å²) in [7, 11) is 0. The Kier molecular flexibility index (Phi) is 2.07. The number of carbonyl (C=O) groups is 1. The minimum Gasteiger partial charge on any atom is -0.298 e. The molecule has 0 amide bonds. The van der Waals surface area contributed by atoms with E-state index in [4.69, 9.17) is 0 Å². The van der Waals surface area contributed by atoms with E-state index < -0.39 is 17.4 Å². The zero-order valence-electron chi connectivity index (χ0n) is 5.67. The monoisotopic (exact) mass is 176 g/mol. The summed E-state index contributed by atoms with van der Waals surface area (Å²) in [5, 5.41) is 5.85. The molecule has 12 heavy (non-hydrogen) atoms. The first-order valence-electron chi connectivity index (χ1n) is 2.90. The Morgan fingerprint density at radius 3 is 2.50 bits per heavy atom. The molecule has 0 aromatic carbocycles. The molecule has 0 fully saturated rings. The molecule has 0 saturated heterocycles. The second-order valence-corrected chi connectivity index (χ2v) is 1.95. The van der Waals surface area contributed by atoms with Crippen molar-refractivity contribution in [3.63, 3.8) is 0 Å². The van der Waals surface area contributed by atoms with Crippen LogP contribution in [0.4, 0.5) is 13.2 Å². The van der Waals surface area contributed by atoms with Crippen molar-refractivity contribution in [3.8, 4) is 0 Å². The summed E-state index contributed by atoms with van der Waals surface area (Å²) in [5.74, 6) is 0. The molecule has 0 unspecified atom stereocenters. The van der Waals surface area contributed by atoms with Gasteiger partial charge in [-0.15, -0.1) is 5.10 Å². The summed E-state index contributed by atoms with van der Waals surface area (Å²) < 4.78 is 35.9. The second-order valence-electron chi connectivity index (χ2n) is 1.95. The van der Waals surface area contributed by atoms with Gasteiger partial charge in [0.2, 0.25) is 0 Å². The Morgan fingerprint density at radius 1 is 1.42 bits per heavy atom. The van der Waals surface area contributed by atoms with Crippen molar-refractivity contribution < 1.29 is 18.0 Å². The van der Waals surface area contributed by atoms with Crippen LogP contribution in [-0.2, 0) is 6.18 Å². The maximum atomic E-state index is 12.0. The zero-order valence-corrected chi connectivity index (χ0v) is 5.67. The fourth-order valence-electron chi connectivity index (χ4n) is 0.657. The van der Waals surface area contributed by atoms with Gasteiger partial charge in [-0.1, -0.05) is 0 Å². The van der Waals surface area contributed by atoms with E-state index in [-0.39, 0.29) is 6.29 Å². The molecule has 3 nitrogen and oxygen atoms in total. The Hall–Kier alpha value is -1.46. The minimum absolute atomic E-state index is 0.0947. The van der Waals surface area contributed by atoms with Crippen LogP contribution in [0.2, 0.25) is 0 Å². The molecule has 1 rings (SSSR count). The molecular weight excluding hydrogens is 173 g/mol. The van der Waals surface area contributed by atoms with Crippen molar-refractivity contribution >= 4 is 6.29 Å². The lowest BCUT2D eigenvalue weighted by Crippen LogP contribution is -2.12. The number of hydrogen-bond acceptors (Lipinski definition) is 3. The molecule has 0 atom stereocenters. The van der Waals surface area contributed by atoms with E-state index in [2.05, 4.69) is 10.2 Å². The number of nitrogens with zero attached hydrogens (tertiary/aromatic N) is 2. The van der Waals surface area contributed by atoms with E-state index in [1.807, 2.05) is 0 Å². The molecule has 0 bridgehead atoms. The van der Waals surface area contributed by atoms with Crippen LogP contribution in [0, 0.1) is 0 Å². The highest BCUT2D eigenvalue weighted by Gasteiger charge is 2.35. The fraction of sp³-hybridized carbons (Fsp3) is 0.167. The third-order valence-corrected chi connectivity index (χ3v) is 1.15. The lowest BCUT2D eigenvalue weighted by atomic mass is 10.2. The quantitative estimate of drug-likeness (QED) is 0.606. The average molecular weight is 176 g/mol. The number of carbonyl (C=O) groups excluding carboxylic acids is 1. The van der Waals surface area contributed by atoms with E-state index in [9.17, 15) is 18.0 Å². The average Bonchev–Trinajstić information content (AvgIpc) is 2.03. The summed E-state index contributed by atoms with van der Waals surface area (Å²) in [6.07, 6.45) is -3.50. The third-order valence-electron chi connectivity index (χ3n) is 1.15. The maximum absolute atomic E-state index is 12.0. The van der Waals surface area contributed by atoms with Gasteiger partial charge in [0.25, 0.3) is 0 Å². The third kappa shape index (κ3) is 1.58. The van der Waals surface area contributed by atoms with Crippen molar-refractivity contribution in [2.75, 3.05) is 0 Å². The van der Waals surface area contributed by atoms with Gasteiger partial charge in [0.05, 0.1) is 6.20 Å². The normalized spacial score (nSPS) is 11.2. The van der Waals surface area contributed by atoms with E-state index >= 15 is 0 Å². The Morgan fingerprint density at radius 2 is 2.08 bits per heavy atom. The van der Waals surface area contributed by atoms with Crippen molar-refractivity contribution in [3.05, 3.63) is 23.5 Å². The van der Waals surface area contributed by atoms with Crippen LogP contribution in [-0.4, -0.2) is 16.5 Å². The zero-order chi connectivity index (χ0) is 9.19. The van der Waals surface area contributed by atoms with E-state index in [1.54, 1.807) is 0 Å². The lowest BCUT2D eigenvalue weighted by molar-refractivity contribution is -0.142. The summed E-state index contributed by atoms with van der Waals surface area (Å²) >= 11 is 0. The Labute approximate surface area is 65.2 Å². The van der Waals surface area contributed by atoms with Gasteiger partial charge in [-0.05, 0) is 6.07 Å². The van der Waals surface area contributed by atoms with E-state index in [0.29, 0.717) is 0 Å². The van der Waals surface area contributed by atoms with Crippen LogP contribution >= 0.6 is 0 Å². The fourth-order valence-corrected chi connectivity index (χ4v) is 0.657. The van der Waals surface area contributed by atoms with Gasteiger partial charge in [0.1, 0.15) is 0 Å². The maximum Gasteiger partial charge on any atom is 0.435 e. The lowest BCUT2D eigenvalue weighted by Gasteiger charge is -2.05. The molecule has 6 heteroatoms. The van der Waals surface area contributed by atoms with Gasteiger partial charge < -0.3 is 0 Å². The minimum atomic E-state index is -4.62. The molecule has 0 radical (unpaired) electrons. The predicted octanol–water partition coefficient (Wildman–Crippen LogP) is 1.31. The summed E-state index contributed by atoms with van der Waals surface area (Å²) in [4.78, 5) is 10.1. The van der Waals surface area contributed by atoms with E-state index in [1.165, 1.54) is 0 Å². The molecule has 1 heterocycles. The number of aromatic nitrogens is 2. The topological polar surface area (TPSA) is 42.9 Å². The number of hydrogen-bond donors (Lipinski definition) is 0. The van der Waals surface area contributed by atoms with Crippen LogP contribution in [0.3, 0.4) is 0 Å². The van der Waals surface area contributed by atoms with Crippen molar-refractivity contribution in [1.29, 1.82) is 0 Å². The molecule has 1 aromatic heterocycles. The summed E-state index contributed by atoms with van der Waals surface area (Å²) in [6.45, 7) is 0. The number of alkyl halides is 3. The Balaban J connectivity index is 3.23. The van der Waals surface area contributed by atoms with Gasteiger partial charge in [0, 0.05) is 5.56 Å². The van der Waals surface area contributed by atoms with Crippen LogP contribution in [0.5, 0.6) is 0 Å². The molecule has 64 valence electrons. The number of rotatable bonds is 1. The standard InChI is InChI=1S/C6H3F3N2O/c7-6(8,9)5-4(3-12)1-2-10-11-5/h1-3H. The number of aldehydes is 1. The first kappa shape index (κ1) is 8.63. The van der Waals surface area contributed by atoms with E-state index in [0.717, 1.165) is 12.3 Å². The first-order valence-corrected chi connectivity index (χ1v) is 2.90. The molecule has 0 N–H and O–H groups in total. The van der Waals surface area contributed by atoms with Crippen molar-refractivity contribution in [2.24, 2.45) is 0 Å². The SMILES string of the molecule is O=Cc1ccnnc1C(F)(F)F. The van der Waals surface area contributed by atoms with Gasteiger partial charge >= 0.3 is 6.18 Å². The highest BCUT2D eigenvalue weighted by Crippen LogP contribution is 2.28. The predicted molar refractivity (Wildman–Crippen MR) is 32.4 cm³/mol. The van der Waals surface area contributed by atoms with Gasteiger partial charge in [-0.25, -0.2) is 0 Å². The highest BCUT2D eigenvalue weighted by molar-refractivity contribution is 5.76. The molecule has 0 spiro atoms. The highest BCUT2D eigenvalue weighted by atomic mass is 19.4. The van der Waals surface area contributed by atoms with Gasteiger partial charge in [0.15, 0.2) is 12.0 Å². The summed E-state index contributed by atoms with van der Waals surface area (Å²) in [6, 6.07) is 0.961. The molecule has 0 saturated carbocycles. The first-order chi connectivity index (χ1) is 5.55. The van der Waals surface area contributed by atoms with Gasteiger partial charge in [-0.2, -0.15) is 18.3 Å². The van der Waals surface area contributed by atoms with Gasteiger partial charge in [-0.3, -0.25) is 4.79 Å². The summed E-state index contributed by atoms with van der Waals surface area (Å²) in [5.41, 5.74) is -1.75. The van der Waals surface area contributed by atoms with Crippen LogP contribution in [0.15, 0.2) is 12.3 Å². The second kappa shape index (κ2) is 2.88. The molecule has 0 aliphatic rings. The van der Waals surface area contributed by atoms with Crippen molar-refractivity contribution in [2.45, 2.75) is 6.18 Å². The molecule has 0 aliphatic heterocycles.